The second kappa shape index (κ2) is 3.21. The smallest absolute Gasteiger partial charge is 0.115 e. The highest BCUT2D eigenvalue weighted by molar-refractivity contribution is 5.08. The molecule has 3 atom stereocenters. The molecule has 2 aliphatic heterocycles. The van der Waals surface area contributed by atoms with E-state index in [2.05, 4.69) is 17.1 Å². The van der Waals surface area contributed by atoms with E-state index in [1.807, 2.05) is 7.05 Å². The Labute approximate surface area is 79.5 Å². The third-order valence-electron chi connectivity index (χ3n) is 3.90. The molecule has 3 heteroatoms. The molecule has 0 aromatic carbocycles. The summed E-state index contributed by atoms with van der Waals surface area (Å²) in [5.41, 5.74) is 0.133. The Hall–Kier alpha value is -0.150. The van der Waals surface area contributed by atoms with E-state index in [1.165, 1.54) is 6.42 Å². The van der Waals surface area contributed by atoms with Gasteiger partial charge in [-0.25, -0.2) is 4.39 Å². The second-order valence-corrected chi connectivity index (χ2v) is 4.46. The second-order valence-electron chi connectivity index (χ2n) is 4.46. The minimum atomic E-state index is -0.601. The highest BCUT2D eigenvalue weighted by atomic mass is 19.1. The van der Waals surface area contributed by atoms with Crippen molar-refractivity contribution in [1.29, 1.82) is 0 Å². The van der Waals surface area contributed by atoms with Gasteiger partial charge in [-0.05, 0) is 39.8 Å². The summed E-state index contributed by atoms with van der Waals surface area (Å²) in [6.45, 7) is 3.93. The van der Waals surface area contributed by atoms with Crippen LogP contribution in [0.3, 0.4) is 0 Å². The lowest BCUT2D eigenvalue weighted by Crippen LogP contribution is -2.52. The first kappa shape index (κ1) is 9.41. The van der Waals surface area contributed by atoms with E-state index in [-0.39, 0.29) is 5.54 Å². The van der Waals surface area contributed by atoms with Crippen LogP contribution in [0.4, 0.5) is 4.39 Å². The average Bonchev–Trinajstić information content (AvgIpc) is 2.59. The number of nitrogens with zero attached hydrogens (tertiary/aromatic N) is 1. The van der Waals surface area contributed by atoms with Crippen molar-refractivity contribution < 1.29 is 4.39 Å². The van der Waals surface area contributed by atoms with E-state index in [0.29, 0.717) is 12.6 Å². The zero-order chi connectivity index (χ0) is 9.47. The molecule has 2 rings (SSSR count). The molecule has 2 fully saturated rings. The minimum Gasteiger partial charge on any atom is -0.315 e. The maximum absolute atomic E-state index is 13.3. The zero-order valence-corrected chi connectivity index (χ0v) is 8.52. The van der Waals surface area contributed by atoms with E-state index in [1.54, 1.807) is 0 Å². The lowest BCUT2D eigenvalue weighted by molar-refractivity contribution is 0.151. The molecule has 0 spiro atoms. The first-order chi connectivity index (χ1) is 6.19. The van der Waals surface area contributed by atoms with E-state index < -0.39 is 6.17 Å². The van der Waals surface area contributed by atoms with Crippen LogP contribution in [0.25, 0.3) is 0 Å². The number of halogens is 1. The van der Waals surface area contributed by atoms with Gasteiger partial charge in [-0.3, -0.25) is 4.90 Å². The molecule has 76 valence electrons. The molecule has 2 saturated heterocycles. The van der Waals surface area contributed by atoms with E-state index in [9.17, 15) is 4.39 Å². The largest absolute Gasteiger partial charge is 0.315 e. The predicted molar refractivity (Wildman–Crippen MR) is 51.6 cm³/mol. The Morgan fingerprint density at radius 2 is 2.38 bits per heavy atom. The number of alkyl halides is 1. The van der Waals surface area contributed by atoms with Crippen molar-refractivity contribution in [3.8, 4) is 0 Å². The number of likely N-dealkylation sites (N-methyl/N-ethyl adjacent to an activating group) is 1. The summed E-state index contributed by atoms with van der Waals surface area (Å²) in [6.07, 6.45) is 2.53. The molecule has 0 radical (unpaired) electrons. The summed E-state index contributed by atoms with van der Waals surface area (Å²) in [5.74, 6) is 0. The molecule has 0 aliphatic carbocycles. The number of nitrogens with one attached hydrogen (secondary N) is 1. The minimum absolute atomic E-state index is 0.133. The molecule has 0 aromatic heterocycles. The fraction of sp³-hybridized carbons (Fsp3) is 1.00. The summed E-state index contributed by atoms with van der Waals surface area (Å²) in [7, 11) is 1.97. The number of fused-ring (bicyclic) bond motifs is 1. The molecular formula is C10H19FN2. The topological polar surface area (TPSA) is 15.3 Å². The van der Waals surface area contributed by atoms with Crippen LogP contribution in [0.2, 0.25) is 0 Å². The Morgan fingerprint density at radius 3 is 3.08 bits per heavy atom. The number of hydrogen-bond donors (Lipinski definition) is 1. The van der Waals surface area contributed by atoms with E-state index in [0.717, 1.165) is 19.4 Å². The molecule has 13 heavy (non-hydrogen) atoms. The molecule has 0 saturated carbocycles. The van der Waals surface area contributed by atoms with Gasteiger partial charge in [0.05, 0.1) is 0 Å². The van der Waals surface area contributed by atoms with Crippen molar-refractivity contribution in [3.05, 3.63) is 0 Å². The first-order valence-electron chi connectivity index (χ1n) is 5.25. The van der Waals surface area contributed by atoms with Crippen molar-refractivity contribution in [2.75, 3.05) is 20.1 Å². The highest BCUT2D eigenvalue weighted by Gasteiger charge is 2.51. The summed E-state index contributed by atoms with van der Waals surface area (Å²) in [5, 5.41) is 3.28. The SMILES string of the molecule is CNC(C)C12CCCN1CC(F)C2. The lowest BCUT2D eigenvalue weighted by Gasteiger charge is -2.37. The predicted octanol–water partition coefficient (Wildman–Crippen LogP) is 1.17. The van der Waals surface area contributed by atoms with Crippen LogP contribution in [0.15, 0.2) is 0 Å². The molecule has 0 bridgehead atoms. The van der Waals surface area contributed by atoms with Crippen LogP contribution >= 0.6 is 0 Å². The fourth-order valence-corrected chi connectivity index (χ4v) is 3.08. The fourth-order valence-electron chi connectivity index (χ4n) is 3.08. The van der Waals surface area contributed by atoms with Gasteiger partial charge in [-0.15, -0.1) is 0 Å². The highest BCUT2D eigenvalue weighted by Crippen LogP contribution is 2.42. The monoisotopic (exact) mass is 186 g/mol. The Bertz CT molecular complexity index is 197. The van der Waals surface area contributed by atoms with Crippen molar-refractivity contribution in [3.63, 3.8) is 0 Å². The Balaban J connectivity index is 2.18. The Kier molecular flexibility index (Phi) is 2.32. The molecule has 2 heterocycles. The Morgan fingerprint density at radius 1 is 1.62 bits per heavy atom. The number of hydrogen-bond acceptors (Lipinski definition) is 2. The van der Waals surface area contributed by atoms with Gasteiger partial charge < -0.3 is 5.32 Å². The van der Waals surface area contributed by atoms with Crippen molar-refractivity contribution in [1.82, 2.24) is 10.2 Å². The van der Waals surface area contributed by atoms with Crippen LogP contribution in [0.5, 0.6) is 0 Å². The molecule has 0 aromatic rings. The van der Waals surface area contributed by atoms with Crippen LogP contribution < -0.4 is 5.32 Å². The van der Waals surface area contributed by atoms with Gasteiger partial charge in [-0.1, -0.05) is 0 Å². The van der Waals surface area contributed by atoms with E-state index >= 15 is 0 Å². The zero-order valence-electron chi connectivity index (χ0n) is 8.52. The van der Waals surface area contributed by atoms with Gasteiger partial charge in [-0.2, -0.15) is 0 Å². The van der Waals surface area contributed by atoms with Gasteiger partial charge in [0.15, 0.2) is 0 Å². The quantitative estimate of drug-likeness (QED) is 0.696. The summed E-state index contributed by atoms with van der Waals surface area (Å²) in [4.78, 5) is 2.35. The third kappa shape index (κ3) is 1.29. The van der Waals surface area contributed by atoms with Gasteiger partial charge in [0.1, 0.15) is 6.17 Å². The summed E-state index contributed by atoms with van der Waals surface area (Å²) < 4.78 is 13.3. The maximum atomic E-state index is 13.3. The van der Waals surface area contributed by atoms with Gasteiger partial charge in [0, 0.05) is 18.1 Å². The van der Waals surface area contributed by atoms with Gasteiger partial charge in [0.2, 0.25) is 0 Å². The van der Waals surface area contributed by atoms with Gasteiger partial charge >= 0.3 is 0 Å². The van der Waals surface area contributed by atoms with Crippen LogP contribution in [-0.4, -0.2) is 42.8 Å². The van der Waals surface area contributed by atoms with Crippen LogP contribution in [0, 0.1) is 0 Å². The maximum Gasteiger partial charge on any atom is 0.115 e. The van der Waals surface area contributed by atoms with Gasteiger partial charge in [0.25, 0.3) is 0 Å². The normalized spacial score (nSPS) is 42.2. The van der Waals surface area contributed by atoms with Crippen molar-refractivity contribution in [2.45, 2.75) is 43.9 Å². The third-order valence-corrected chi connectivity index (χ3v) is 3.90. The van der Waals surface area contributed by atoms with Crippen LogP contribution in [-0.2, 0) is 0 Å². The molecule has 2 nitrogen and oxygen atoms in total. The molecule has 2 aliphatic rings. The summed E-state index contributed by atoms with van der Waals surface area (Å²) >= 11 is 0. The van der Waals surface area contributed by atoms with Crippen molar-refractivity contribution >= 4 is 0 Å². The molecular weight excluding hydrogens is 167 g/mol. The lowest BCUT2D eigenvalue weighted by atomic mass is 9.86. The molecule has 3 unspecified atom stereocenters. The molecule has 0 amide bonds. The first-order valence-corrected chi connectivity index (χ1v) is 5.25. The van der Waals surface area contributed by atoms with Crippen LogP contribution in [0.1, 0.15) is 26.2 Å². The van der Waals surface area contributed by atoms with E-state index in [4.69, 9.17) is 0 Å². The average molecular weight is 186 g/mol. The number of rotatable bonds is 2. The molecule has 1 N–H and O–H groups in total. The summed E-state index contributed by atoms with van der Waals surface area (Å²) in [6, 6.07) is 0.413. The standard InChI is InChI=1S/C10H19FN2/c1-8(12-2)10-4-3-5-13(10)7-9(11)6-10/h8-9,12H,3-7H2,1-2H3. The van der Waals surface area contributed by atoms with Crippen molar-refractivity contribution in [2.24, 2.45) is 0 Å².